The molecule has 0 aliphatic heterocycles. The zero-order chi connectivity index (χ0) is 8.27. The second-order valence-corrected chi connectivity index (χ2v) is 3.36. The minimum Gasteiger partial charge on any atom is -0.353 e. The van der Waals surface area contributed by atoms with E-state index in [2.05, 4.69) is 5.32 Å². The van der Waals surface area contributed by atoms with Gasteiger partial charge in [0.05, 0.1) is 0 Å². The van der Waals surface area contributed by atoms with Crippen LogP contribution >= 0.6 is 0 Å². The van der Waals surface area contributed by atoms with Gasteiger partial charge in [-0.25, -0.2) is 0 Å². The normalized spacial score (nSPS) is 19.5. The zero-order valence-corrected chi connectivity index (χ0v) is 6.97. The first-order chi connectivity index (χ1) is 5.18. The second kappa shape index (κ2) is 3.72. The van der Waals surface area contributed by atoms with E-state index >= 15 is 0 Å². The quantitative estimate of drug-likeness (QED) is 0.618. The van der Waals surface area contributed by atoms with Gasteiger partial charge in [-0.3, -0.25) is 4.79 Å². The molecule has 3 nitrogen and oxygen atoms in total. The molecule has 3 heteroatoms. The van der Waals surface area contributed by atoms with Crippen molar-refractivity contribution in [2.45, 2.75) is 44.7 Å². The van der Waals surface area contributed by atoms with Crippen LogP contribution in [-0.2, 0) is 4.79 Å². The number of carbonyl (C=O) groups is 1. The van der Waals surface area contributed by atoms with Crippen molar-refractivity contribution in [3.63, 3.8) is 0 Å². The molecule has 0 aromatic heterocycles. The lowest BCUT2D eigenvalue weighted by Crippen LogP contribution is -2.27. The van der Waals surface area contributed by atoms with E-state index in [0.29, 0.717) is 12.5 Å². The predicted octanol–water partition coefficient (Wildman–Crippen LogP) is 0.392. The molecule has 0 saturated heterocycles. The van der Waals surface area contributed by atoms with Gasteiger partial charge >= 0.3 is 0 Å². The molecule has 1 saturated carbocycles. The Labute approximate surface area is 67.3 Å². The van der Waals surface area contributed by atoms with Gasteiger partial charge in [0.15, 0.2) is 0 Å². The zero-order valence-electron chi connectivity index (χ0n) is 6.97. The highest BCUT2D eigenvalue weighted by Gasteiger charge is 2.22. The van der Waals surface area contributed by atoms with Crippen molar-refractivity contribution in [3.05, 3.63) is 0 Å². The molecule has 1 aliphatic rings. The summed E-state index contributed by atoms with van der Waals surface area (Å²) >= 11 is 0. The predicted molar refractivity (Wildman–Crippen MR) is 44.0 cm³/mol. The first-order valence-electron chi connectivity index (χ1n) is 4.23. The molecular weight excluding hydrogens is 140 g/mol. The molecule has 0 aromatic carbocycles. The van der Waals surface area contributed by atoms with Crippen LogP contribution in [0.5, 0.6) is 0 Å². The first-order valence-corrected chi connectivity index (χ1v) is 4.23. The SMILES string of the molecule is CC(N)CCC(=O)NC1CC1. The van der Waals surface area contributed by atoms with Gasteiger partial charge in [-0.05, 0) is 26.2 Å². The largest absolute Gasteiger partial charge is 0.353 e. The summed E-state index contributed by atoms with van der Waals surface area (Å²) in [6, 6.07) is 0.621. The fraction of sp³-hybridized carbons (Fsp3) is 0.875. The fourth-order valence-electron chi connectivity index (χ4n) is 0.886. The van der Waals surface area contributed by atoms with Gasteiger partial charge in [-0.1, -0.05) is 0 Å². The Kier molecular flexibility index (Phi) is 2.88. The standard InChI is InChI=1S/C8H16N2O/c1-6(9)2-5-8(11)10-7-3-4-7/h6-7H,2-5,9H2,1H3,(H,10,11). The molecule has 64 valence electrons. The van der Waals surface area contributed by atoms with E-state index in [1.807, 2.05) is 6.92 Å². The number of carbonyl (C=O) groups excluding carboxylic acids is 1. The van der Waals surface area contributed by atoms with Gasteiger partial charge in [0, 0.05) is 18.5 Å². The molecule has 0 heterocycles. The third-order valence-electron chi connectivity index (χ3n) is 1.77. The molecule has 1 unspecified atom stereocenters. The minimum atomic E-state index is 0.139. The van der Waals surface area contributed by atoms with E-state index < -0.39 is 0 Å². The molecular formula is C8H16N2O. The molecule has 1 aliphatic carbocycles. The Bertz CT molecular complexity index is 141. The minimum absolute atomic E-state index is 0.139. The summed E-state index contributed by atoms with van der Waals surface area (Å²) < 4.78 is 0. The van der Waals surface area contributed by atoms with E-state index in [9.17, 15) is 4.79 Å². The van der Waals surface area contributed by atoms with Gasteiger partial charge in [-0.2, -0.15) is 0 Å². The highest BCUT2D eigenvalue weighted by molar-refractivity contribution is 5.76. The molecule has 1 atom stereocenters. The lowest BCUT2D eigenvalue weighted by Gasteiger charge is -2.04. The third-order valence-corrected chi connectivity index (χ3v) is 1.77. The molecule has 1 amide bonds. The van der Waals surface area contributed by atoms with Crippen LogP contribution in [0.2, 0.25) is 0 Å². The Morgan fingerprint density at radius 2 is 2.36 bits per heavy atom. The van der Waals surface area contributed by atoms with Crippen molar-refractivity contribution >= 4 is 5.91 Å². The van der Waals surface area contributed by atoms with Crippen molar-refractivity contribution in [2.24, 2.45) is 5.73 Å². The number of hydrogen-bond donors (Lipinski definition) is 2. The molecule has 0 radical (unpaired) electrons. The summed E-state index contributed by atoms with van der Waals surface area (Å²) in [5.74, 6) is 0.157. The number of amides is 1. The summed E-state index contributed by atoms with van der Waals surface area (Å²) in [7, 11) is 0. The molecule has 3 N–H and O–H groups in total. The maximum atomic E-state index is 11.0. The molecule has 1 fully saturated rings. The van der Waals surface area contributed by atoms with Gasteiger partial charge in [0.2, 0.25) is 5.91 Å². The summed E-state index contributed by atoms with van der Waals surface area (Å²) in [5, 5.41) is 2.91. The Hall–Kier alpha value is -0.570. The van der Waals surface area contributed by atoms with Gasteiger partial charge in [0.25, 0.3) is 0 Å². The number of rotatable bonds is 4. The fourth-order valence-corrected chi connectivity index (χ4v) is 0.886. The molecule has 11 heavy (non-hydrogen) atoms. The maximum Gasteiger partial charge on any atom is 0.220 e. The molecule has 0 bridgehead atoms. The molecule has 0 aromatic rings. The van der Waals surface area contributed by atoms with Crippen LogP contribution in [0.3, 0.4) is 0 Å². The molecule has 1 rings (SSSR count). The van der Waals surface area contributed by atoms with Crippen molar-refractivity contribution in [2.75, 3.05) is 0 Å². The highest BCUT2D eigenvalue weighted by Crippen LogP contribution is 2.18. The van der Waals surface area contributed by atoms with Crippen molar-refractivity contribution in [1.29, 1.82) is 0 Å². The van der Waals surface area contributed by atoms with Crippen LogP contribution in [0, 0.1) is 0 Å². The van der Waals surface area contributed by atoms with E-state index in [1.165, 1.54) is 0 Å². The van der Waals surface area contributed by atoms with E-state index in [-0.39, 0.29) is 11.9 Å². The average Bonchev–Trinajstić information content (AvgIpc) is 2.67. The summed E-state index contributed by atoms with van der Waals surface area (Å²) in [6.45, 7) is 1.92. The second-order valence-electron chi connectivity index (χ2n) is 3.36. The van der Waals surface area contributed by atoms with Crippen LogP contribution in [0.4, 0.5) is 0 Å². The highest BCUT2D eigenvalue weighted by atomic mass is 16.1. The Balaban J connectivity index is 2.00. The monoisotopic (exact) mass is 156 g/mol. The summed E-state index contributed by atoms with van der Waals surface area (Å²) in [6.07, 6.45) is 3.68. The lowest BCUT2D eigenvalue weighted by atomic mass is 10.2. The van der Waals surface area contributed by atoms with Crippen molar-refractivity contribution in [1.82, 2.24) is 5.32 Å². The van der Waals surface area contributed by atoms with Crippen molar-refractivity contribution in [3.8, 4) is 0 Å². The van der Waals surface area contributed by atoms with Crippen LogP contribution < -0.4 is 11.1 Å². The topological polar surface area (TPSA) is 55.1 Å². The number of nitrogens with one attached hydrogen (secondary N) is 1. The van der Waals surface area contributed by atoms with Crippen LogP contribution in [0.15, 0.2) is 0 Å². The van der Waals surface area contributed by atoms with Crippen molar-refractivity contribution < 1.29 is 4.79 Å². The Morgan fingerprint density at radius 3 is 2.82 bits per heavy atom. The van der Waals surface area contributed by atoms with Crippen LogP contribution in [-0.4, -0.2) is 18.0 Å². The van der Waals surface area contributed by atoms with E-state index in [0.717, 1.165) is 19.3 Å². The molecule has 0 spiro atoms. The number of hydrogen-bond acceptors (Lipinski definition) is 2. The number of nitrogens with two attached hydrogens (primary N) is 1. The maximum absolute atomic E-state index is 11.0. The van der Waals surface area contributed by atoms with E-state index in [4.69, 9.17) is 5.73 Å². The van der Waals surface area contributed by atoms with Crippen LogP contribution in [0.25, 0.3) is 0 Å². The van der Waals surface area contributed by atoms with Gasteiger partial charge in [0.1, 0.15) is 0 Å². The van der Waals surface area contributed by atoms with Gasteiger partial charge in [-0.15, -0.1) is 0 Å². The smallest absolute Gasteiger partial charge is 0.220 e. The Morgan fingerprint density at radius 1 is 1.73 bits per heavy atom. The average molecular weight is 156 g/mol. The third kappa shape index (κ3) is 3.98. The summed E-state index contributed by atoms with van der Waals surface area (Å²) in [5.41, 5.74) is 5.51. The van der Waals surface area contributed by atoms with E-state index in [1.54, 1.807) is 0 Å². The summed E-state index contributed by atoms with van der Waals surface area (Å²) in [4.78, 5) is 11.0. The van der Waals surface area contributed by atoms with Crippen LogP contribution in [0.1, 0.15) is 32.6 Å². The van der Waals surface area contributed by atoms with Gasteiger partial charge < -0.3 is 11.1 Å². The first kappa shape index (κ1) is 8.53. The lowest BCUT2D eigenvalue weighted by molar-refractivity contribution is -0.121.